The summed E-state index contributed by atoms with van der Waals surface area (Å²) in [7, 11) is 4.01. The number of aromatic nitrogens is 2. The lowest BCUT2D eigenvalue weighted by Gasteiger charge is -2.16. The zero-order valence-electron chi connectivity index (χ0n) is 11.2. The van der Waals surface area contributed by atoms with E-state index in [0.29, 0.717) is 6.61 Å². The van der Waals surface area contributed by atoms with E-state index in [-0.39, 0.29) is 0 Å². The molecule has 1 aromatic carbocycles. The van der Waals surface area contributed by atoms with Crippen molar-refractivity contribution in [3.63, 3.8) is 0 Å². The van der Waals surface area contributed by atoms with Crippen molar-refractivity contribution in [2.24, 2.45) is 7.05 Å². The van der Waals surface area contributed by atoms with E-state index in [4.69, 9.17) is 4.74 Å². The summed E-state index contributed by atoms with van der Waals surface area (Å²) < 4.78 is 8.56. The maximum Gasteiger partial charge on any atom is 0.120 e. The van der Waals surface area contributed by atoms with E-state index in [9.17, 15) is 0 Å². The predicted molar refractivity (Wildman–Crippen MR) is 79.2 cm³/mol. The Morgan fingerprint density at radius 1 is 1.42 bits per heavy atom. The summed E-state index contributed by atoms with van der Waals surface area (Å²) >= 11 is 3.43. The minimum atomic E-state index is 0.674. The van der Waals surface area contributed by atoms with Gasteiger partial charge in [0.15, 0.2) is 0 Å². The Balaban J connectivity index is 1.73. The first-order valence-corrected chi connectivity index (χ1v) is 6.97. The van der Waals surface area contributed by atoms with Crippen LogP contribution < -0.4 is 4.74 Å². The van der Waals surface area contributed by atoms with Gasteiger partial charge in [-0.3, -0.25) is 9.58 Å². The second-order valence-electron chi connectivity index (χ2n) is 4.57. The van der Waals surface area contributed by atoms with E-state index in [1.54, 1.807) is 0 Å². The molecule has 1 heterocycles. The van der Waals surface area contributed by atoms with Crippen LogP contribution in [0, 0.1) is 0 Å². The van der Waals surface area contributed by atoms with Crippen LogP contribution in [0.4, 0.5) is 0 Å². The van der Waals surface area contributed by atoms with Crippen LogP contribution in [0.25, 0.3) is 0 Å². The quantitative estimate of drug-likeness (QED) is 0.818. The molecule has 0 bridgehead atoms. The number of nitrogens with zero attached hydrogens (tertiary/aromatic N) is 3. The molecule has 0 unspecified atom stereocenters. The summed E-state index contributed by atoms with van der Waals surface area (Å²) in [4.78, 5) is 2.22. The first-order chi connectivity index (χ1) is 9.13. The maximum absolute atomic E-state index is 5.71. The SMILES string of the molecule is CN(CCOc1cccc(Br)c1)Cc1cnn(C)c1. The minimum absolute atomic E-state index is 0.674. The molecular weight excluding hydrogens is 306 g/mol. The third-order valence-corrected chi connectivity index (χ3v) is 3.24. The molecule has 5 heteroatoms. The normalized spacial score (nSPS) is 10.9. The predicted octanol–water partition coefficient (Wildman–Crippen LogP) is 2.69. The van der Waals surface area contributed by atoms with Crippen molar-refractivity contribution in [2.75, 3.05) is 20.2 Å². The van der Waals surface area contributed by atoms with Gasteiger partial charge in [0.25, 0.3) is 0 Å². The lowest BCUT2D eigenvalue weighted by Crippen LogP contribution is -2.23. The lowest BCUT2D eigenvalue weighted by molar-refractivity contribution is 0.233. The van der Waals surface area contributed by atoms with Gasteiger partial charge in [-0.2, -0.15) is 5.10 Å². The van der Waals surface area contributed by atoms with Gasteiger partial charge in [-0.1, -0.05) is 22.0 Å². The third-order valence-electron chi connectivity index (χ3n) is 2.75. The molecule has 0 atom stereocenters. The molecule has 0 saturated carbocycles. The second-order valence-corrected chi connectivity index (χ2v) is 5.48. The zero-order chi connectivity index (χ0) is 13.7. The summed E-state index contributed by atoms with van der Waals surface area (Å²) in [5.74, 6) is 0.893. The third kappa shape index (κ3) is 4.69. The van der Waals surface area contributed by atoms with E-state index < -0.39 is 0 Å². The van der Waals surface area contributed by atoms with Gasteiger partial charge in [0.2, 0.25) is 0 Å². The summed E-state index contributed by atoms with van der Waals surface area (Å²) in [5, 5.41) is 4.16. The fourth-order valence-electron chi connectivity index (χ4n) is 1.82. The van der Waals surface area contributed by atoms with Gasteiger partial charge < -0.3 is 4.74 Å². The Bertz CT molecular complexity index is 527. The molecule has 0 amide bonds. The Labute approximate surface area is 122 Å². The number of likely N-dealkylation sites (N-methyl/N-ethyl adjacent to an activating group) is 1. The van der Waals surface area contributed by atoms with Gasteiger partial charge >= 0.3 is 0 Å². The molecule has 0 radical (unpaired) electrons. The van der Waals surface area contributed by atoms with E-state index in [1.807, 2.05) is 48.4 Å². The highest BCUT2D eigenvalue weighted by Crippen LogP contribution is 2.17. The van der Waals surface area contributed by atoms with Gasteiger partial charge in [0.05, 0.1) is 6.20 Å². The average molecular weight is 324 g/mol. The van der Waals surface area contributed by atoms with Crippen LogP contribution in [0.3, 0.4) is 0 Å². The number of halogens is 1. The van der Waals surface area contributed by atoms with Gasteiger partial charge in [-0.05, 0) is 25.2 Å². The largest absolute Gasteiger partial charge is 0.492 e. The zero-order valence-corrected chi connectivity index (χ0v) is 12.8. The number of benzene rings is 1. The standard InChI is InChI=1S/C14H18BrN3O/c1-17(10-12-9-16-18(2)11-12)6-7-19-14-5-3-4-13(15)8-14/h3-5,8-9,11H,6-7,10H2,1-2H3. The van der Waals surface area contributed by atoms with Crippen LogP contribution in [-0.4, -0.2) is 34.9 Å². The Hall–Kier alpha value is -1.33. The van der Waals surface area contributed by atoms with Crippen LogP contribution in [-0.2, 0) is 13.6 Å². The van der Waals surface area contributed by atoms with Crippen molar-refractivity contribution in [1.82, 2.24) is 14.7 Å². The lowest BCUT2D eigenvalue weighted by atomic mass is 10.3. The Morgan fingerprint density at radius 2 is 2.26 bits per heavy atom. The molecule has 0 aliphatic heterocycles. The van der Waals surface area contributed by atoms with Crippen LogP contribution >= 0.6 is 15.9 Å². The first kappa shape index (κ1) is 14.1. The average Bonchev–Trinajstić information content (AvgIpc) is 2.75. The molecule has 2 aromatic rings. The van der Waals surface area contributed by atoms with Gasteiger partial charge in [-0.25, -0.2) is 0 Å². The number of rotatable bonds is 6. The number of hydrogen-bond donors (Lipinski definition) is 0. The first-order valence-electron chi connectivity index (χ1n) is 6.18. The van der Waals surface area contributed by atoms with Crippen LogP contribution in [0.5, 0.6) is 5.75 Å². The van der Waals surface area contributed by atoms with Crippen molar-refractivity contribution in [3.05, 3.63) is 46.7 Å². The topological polar surface area (TPSA) is 30.3 Å². The van der Waals surface area contributed by atoms with Crippen molar-refractivity contribution in [2.45, 2.75) is 6.54 Å². The number of aryl methyl sites for hydroxylation is 1. The monoisotopic (exact) mass is 323 g/mol. The molecule has 0 saturated heterocycles. The van der Waals surface area contributed by atoms with E-state index in [2.05, 4.69) is 33.0 Å². The molecule has 102 valence electrons. The molecule has 0 aliphatic carbocycles. The molecule has 4 nitrogen and oxygen atoms in total. The van der Waals surface area contributed by atoms with Crippen LogP contribution in [0.15, 0.2) is 41.1 Å². The van der Waals surface area contributed by atoms with Crippen LogP contribution in [0.2, 0.25) is 0 Å². The van der Waals surface area contributed by atoms with Crippen LogP contribution in [0.1, 0.15) is 5.56 Å². The number of hydrogen-bond acceptors (Lipinski definition) is 3. The van der Waals surface area contributed by atoms with Crippen molar-refractivity contribution < 1.29 is 4.74 Å². The smallest absolute Gasteiger partial charge is 0.120 e. The fourth-order valence-corrected chi connectivity index (χ4v) is 2.20. The van der Waals surface area contributed by atoms with Crippen molar-refractivity contribution >= 4 is 15.9 Å². The summed E-state index contributed by atoms with van der Waals surface area (Å²) in [6.45, 7) is 2.43. The molecule has 0 N–H and O–H groups in total. The second kappa shape index (κ2) is 6.73. The Kier molecular flexibility index (Phi) is 4.99. The highest BCUT2D eigenvalue weighted by atomic mass is 79.9. The van der Waals surface area contributed by atoms with Gasteiger partial charge in [0, 0.05) is 36.4 Å². The minimum Gasteiger partial charge on any atom is -0.492 e. The highest BCUT2D eigenvalue weighted by Gasteiger charge is 2.03. The highest BCUT2D eigenvalue weighted by molar-refractivity contribution is 9.10. The summed E-state index contributed by atoms with van der Waals surface area (Å²) in [6.07, 6.45) is 3.93. The van der Waals surface area contributed by atoms with E-state index in [1.165, 1.54) is 5.56 Å². The van der Waals surface area contributed by atoms with E-state index >= 15 is 0 Å². The molecule has 2 rings (SSSR count). The summed E-state index contributed by atoms with van der Waals surface area (Å²) in [5.41, 5.74) is 1.22. The van der Waals surface area contributed by atoms with Crippen molar-refractivity contribution in [1.29, 1.82) is 0 Å². The van der Waals surface area contributed by atoms with Gasteiger partial charge in [-0.15, -0.1) is 0 Å². The molecule has 19 heavy (non-hydrogen) atoms. The van der Waals surface area contributed by atoms with Crippen molar-refractivity contribution in [3.8, 4) is 5.75 Å². The van der Waals surface area contributed by atoms with E-state index in [0.717, 1.165) is 23.3 Å². The molecule has 0 spiro atoms. The Morgan fingerprint density at radius 3 is 2.95 bits per heavy atom. The van der Waals surface area contributed by atoms with Gasteiger partial charge in [0.1, 0.15) is 12.4 Å². The molecule has 1 aromatic heterocycles. The molecule has 0 aliphatic rings. The fraction of sp³-hybridized carbons (Fsp3) is 0.357. The maximum atomic E-state index is 5.71. The summed E-state index contributed by atoms with van der Waals surface area (Å²) in [6, 6.07) is 7.90. The number of ether oxygens (including phenoxy) is 1. The molecule has 0 fully saturated rings. The molecular formula is C14H18BrN3O.